The third-order valence-corrected chi connectivity index (χ3v) is 2.73. The molecule has 0 aliphatic heterocycles. The number of rotatable bonds is 5. The van der Waals surface area contributed by atoms with Gasteiger partial charge in [0.25, 0.3) is 0 Å². The maximum absolute atomic E-state index is 11.3. The van der Waals surface area contributed by atoms with Crippen LogP contribution in [0.4, 0.5) is 5.69 Å². The first kappa shape index (κ1) is 14.3. The smallest absolute Gasteiger partial charge is 0.337 e. The van der Waals surface area contributed by atoms with Gasteiger partial charge in [-0.25, -0.2) is 4.79 Å². The highest BCUT2D eigenvalue weighted by Crippen LogP contribution is 2.22. The summed E-state index contributed by atoms with van der Waals surface area (Å²) in [5.74, 6) is -1.71. The maximum atomic E-state index is 11.3. The maximum Gasteiger partial charge on any atom is 0.337 e. The van der Waals surface area contributed by atoms with Crippen molar-refractivity contribution in [1.82, 2.24) is 0 Å². The van der Waals surface area contributed by atoms with Crippen LogP contribution in [0, 0.1) is 5.92 Å². The molecule has 0 aliphatic rings. The Bertz CT molecular complexity index is 474. The van der Waals surface area contributed by atoms with Gasteiger partial charge in [0.2, 0.25) is 5.91 Å². The van der Waals surface area contributed by atoms with E-state index in [1.54, 1.807) is 6.07 Å². The minimum absolute atomic E-state index is 0.00870. The molecule has 0 bridgehead atoms. The van der Waals surface area contributed by atoms with Crippen LogP contribution in [0.25, 0.3) is 0 Å². The second-order valence-corrected chi connectivity index (χ2v) is 4.70. The molecule has 0 radical (unpaired) electrons. The monoisotopic (exact) mass is 270 g/mol. The van der Waals surface area contributed by atoms with E-state index in [1.165, 1.54) is 12.1 Å². The Balaban J connectivity index is 3.10. The van der Waals surface area contributed by atoms with Gasteiger partial charge in [-0.3, -0.25) is 4.79 Å². The highest BCUT2D eigenvalue weighted by Gasteiger charge is 2.21. The first-order chi connectivity index (χ1) is 8.32. The number of nitrogens with one attached hydrogen (secondary N) is 1. The van der Waals surface area contributed by atoms with Gasteiger partial charge in [-0.05, 0) is 24.1 Å². The molecule has 0 spiro atoms. The van der Waals surface area contributed by atoms with Crippen molar-refractivity contribution >= 4 is 29.2 Å². The fourth-order valence-electron chi connectivity index (χ4n) is 1.55. The Kier molecular flexibility index (Phi) is 4.55. The topological polar surface area (TPSA) is 92.4 Å². The molecule has 4 N–H and O–H groups in total. The van der Waals surface area contributed by atoms with E-state index in [0.29, 0.717) is 10.7 Å². The summed E-state index contributed by atoms with van der Waals surface area (Å²) in [6.45, 7) is 3.64. The fourth-order valence-corrected chi connectivity index (χ4v) is 1.73. The molecule has 1 amide bonds. The number of nitrogens with two attached hydrogens (primary N) is 1. The van der Waals surface area contributed by atoms with Gasteiger partial charge in [0, 0.05) is 10.7 Å². The molecule has 5 nitrogen and oxygen atoms in total. The van der Waals surface area contributed by atoms with Crippen molar-refractivity contribution in [3.8, 4) is 0 Å². The Morgan fingerprint density at radius 1 is 1.39 bits per heavy atom. The predicted molar refractivity (Wildman–Crippen MR) is 69.9 cm³/mol. The number of aromatic carboxylic acids is 1. The molecule has 0 saturated carbocycles. The van der Waals surface area contributed by atoms with E-state index >= 15 is 0 Å². The zero-order valence-corrected chi connectivity index (χ0v) is 10.9. The molecule has 0 saturated heterocycles. The van der Waals surface area contributed by atoms with Crippen molar-refractivity contribution in [1.29, 1.82) is 0 Å². The standard InChI is InChI=1S/C12H15ClN2O3/c1-6(2)10(11(14)16)15-9-4-3-7(13)5-8(9)12(17)18/h3-6,10,15H,1-2H3,(H2,14,16)(H,17,18). The minimum atomic E-state index is -1.12. The Labute approximate surface area is 110 Å². The lowest BCUT2D eigenvalue weighted by molar-refractivity contribution is -0.119. The number of carbonyl (C=O) groups excluding carboxylic acids is 1. The molecule has 0 aliphatic carbocycles. The molecule has 0 heterocycles. The van der Waals surface area contributed by atoms with Crippen LogP contribution in [-0.4, -0.2) is 23.0 Å². The zero-order chi connectivity index (χ0) is 13.9. The molecule has 1 unspecified atom stereocenters. The number of primary amides is 1. The average Bonchev–Trinajstić information content (AvgIpc) is 2.25. The van der Waals surface area contributed by atoms with Crippen LogP contribution in [0.2, 0.25) is 5.02 Å². The number of hydrogen-bond acceptors (Lipinski definition) is 3. The van der Waals surface area contributed by atoms with E-state index in [0.717, 1.165) is 0 Å². The summed E-state index contributed by atoms with van der Waals surface area (Å²) >= 11 is 5.74. The second-order valence-electron chi connectivity index (χ2n) is 4.26. The predicted octanol–water partition coefficient (Wildman–Crippen LogP) is 1.96. The lowest BCUT2D eigenvalue weighted by Gasteiger charge is -2.21. The van der Waals surface area contributed by atoms with Gasteiger partial charge in [0.1, 0.15) is 6.04 Å². The van der Waals surface area contributed by atoms with Crippen LogP contribution in [0.3, 0.4) is 0 Å². The second kappa shape index (κ2) is 5.73. The number of halogens is 1. The summed E-state index contributed by atoms with van der Waals surface area (Å²) in [6.07, 6.45) is 0. The zero-order valence-electron chi connectivity index (χ0n) is 10.1. The van der Waals surface area contributed by atoms with Gasteiger partial charge in [-0.15, -0.1) is 0 Å². The number of hydrogen-bond donors (Lipinski definition) is 3. The van der Waals surface area contributed by atoms with Gasteiger partial charge < -0.3 is 16.2 Å². The van der Waals surface area contributed by atoms with E-state index in [4.69, 9.17) is 22.4 Å². The van der Waals surface area contributed by atoms with Crippen molar-refractivity contribution < 1.29 is 14.7 Å². The van der Waals surface area contributed by atoms with Gasteiger partial charge in [-0.1, -0.05) is 25.4 Å². The first-order valence-electron chi connectivity index (χ1n) is 5.41. The van der Waals surface area contributed by atoms with E-state index in [-0.39, 0.29) is 11.5 Å². The van der Waals surface area contributed by atoms with Crippen LogP contribution in [-0.2, 0) is 4.79 Å². The SMILES string of the molecule is CC(C)C(Nc1ccc(Cl)cc1C(=O)O)C(N)=O. The highest BCUT2D eigenvalue weighted by atomic mass is 35.5. The summed E-state index contributed by atoms with van der Waals surface area (Å²) in [6, 6.07) is 3.76. The van der Waals surface area contributed by atoms with E-state index in [1.807, 2.05) is 13.8 Å². The van der Waals surface area contributed by atoms with Gasteiger partial charge in [-0.2, -0.15) is 0 Å². The van der Waals surface area contributed by atoms with Crippen LogP contribution in [0.1, 0.15) is 24.2 Å². The number of anilines is 1. The van der Waals surface area contributed by atoms with Crippen molar-refractivity contribution in [3.63, 3.8) is 0 Å². The van der Waals surface area contributed by atoms with E-state index < -0.39 is 17.9 Å². The third kappa shape index (κ3) is 3.37. The molecule has 1 aromatic carbocycles. The van der Waals surface area contributed by atoms with E-state index in [9.17, 15) is 9.59 Å². The molecule has 1 aromatic rings. The van der Waals surface area contributed by atoms with Crippen LogP contribution >= 0.6 is 11.6 Å². The summed E-state index contributed by atoms with van der Waals surface area (Å²) in [4.78, 5) is 22.4. The Hall–Kier alpha value is -1.75. The number of carboxylic acids is 1. The van der Waals surface area contributed by atoms with E-state index in [2.05, 4.69) is 5.32 Å². The fraction of sp³-hybridized carbons (Fsp3) is 0.333. The third-order valence-electron chi connectivity index (χ3n) is 2.50. The Morgan fingerprint density at radius 2 is 2.00 bits per heavy atom. The summed E-state index contributed by atoms with van der Waals surface area (Å²) in [5.41, 5.74) is 5.60. The molecule has 1 rings (SSSR count). The lowest BCUT2D eigenvalue weighted by atomic mass is 10.0. The van der Waals surface area contributed by atoms with Crippen LogP contribution in [0.15, 0.2) is 18.2 Å². The highest BCUT2D eigenvalue weighted by molar-refractivity contribution is 6.31. The van der Waals surface area contributed by atoms with Crippen LogP contribution in [0.5, 0.6) is 0 Å². The number of amides is 1. The van der Waals surface area contributed by atoms with Crippen molar-refractivity contribution in [3.05, 3.63) is 28.8 Å². The molecule has 1 atom stereocenters. The van der Waals surface area contributed by atoms with Gasteiger partial charge in [0.15, 0.2) is 0 Å². The summed E-state index contributed by atoms with van der Waals surface area (Å²) in [7, 11) is 0. The molecular weight excluding hydrogens is 256 g/mol. The molecule has 98 valence electrons. The number of carboxylic acid groups (broad SMARTS) is 1. The molecule has 0 fully saturated rings. The van der Waals surface area contributed by atoms with Gasteiger partial charge in [0.05, 0.1) is 5.56 Å². The number of benzene rings is 1. The summed E-state index contributed by atoms with van der Waals surface area (Å²) in [5, 5.41) is 12.2. The van der Waals surface area contributed by atoms with Crippen molar-refractivity contribution in [2.75, 3.05) is 5.32 Å². The lowest BCUT2D eigenvalue weighted by Crippen LogP contribution is -2.39. The largest absolute Gasteiger partial charge is 0.478 e. The van der Waals surface area contributed by atoms with Crippen LogP contribution < -0.4 is 11.1 Å². The molecule has 6 heteroatoms. The Morgan fingerprint density at radius 3 is 2.44 bits per heavy atom. The first-order valence-corrected chi connectivity index (χ1v) is 5.79. The van der Waals surface area contributed by atoms with Gasteiger partial charge >= 0.3 is 5.97 Å². The van der Waals surface area contributed by atoms with Crippen molar-refractivity contribution in [2.24, 2.45) is 11.7 Å². The molecule has 18 heavy (non-hydrogen) atoms. The minimum Gasteiger partial charge on any atom is -0.478 e. The quantitative estimate of drug-likeness (QED) is 0.762. The average molecular weight is 271 g/mol. The van der Waals surface area contributed by atoms with Crippen molar-refractivity contribution in [2.45, 2.75) is 19.9 Å². The number of carbonyl (C=O) groups is 2. The normalized spacial score (nSPS) is 12.2. The molecular formula is C12H15ClN2O3. The molecule has 0 aromatic heterocycles. The summed E-state index contributed by atoms with van der Waals surface area (Å²) < 4.78 is 0.